The average molecular weight is 303 g/mol. The number of likely N-dealkylation sites (tertiary alicyclic amines) is 1. The summed E-state index contributed by atoms with van der Waals surface area (Å²) in [6.07, 6.45) is 3.10. The first-order chi connectivity index (χ1) is 10.4. The van der Waals surface area contributed by atoms with Gasteiger partial charge in [-0.1, -0.05) is 45.0 Å². The molecule has 0 aliphatic carbocycles. The highest BCUT2D eigenvalue weighted by molar-refractivity contribution is 5.96. The van der Waals surface area contributed by atoms with E-state index in [0.717, 1.165) is 44.5 Å². The number of carbonyl (C=O) groups excluding carboxylic acids is 1. The zero-order chi connectivity index (χ0) is 16.2. The number of aliphatic hydroxyl groups is 1. The van der Waals surface area contributed by atoms with E-state index in [-0.39, 0.29) is 17.3 Å². The number of benzene rings is 1. The highest BCUT2D eigenvalue weighted by Crippen LogP contribution is 2.22. The molecule has 1 fully saturated rings. The third-order valence-corrected chi connectivity index (χ3v) is 4.51. The summed E-state index contributed by atoms with van der Waals surface area (Å²) < 4.78 is 0. The van der Waals surface area contributed by atoms with Gasteiger partial charge >= 0.3 is 0 Å². The lowest BCUT2D eigenvalue weighted by atomic mass is 9.86. The van der Waals surface area contributed by atoms with Gasteiger partial charge in [-0.25, -0.2) is 0 Å². The minimum absolute atomic E-state index is 0.125. The van der Waals surface area contributed by atoms with Crippen molar-refractivity contribution in [2.45, 2.75) is 58.0 Å². The Morgan fingerprint density at radius 2 is 1.77 bits per heavy atom. The number of Topliss-reactive ketones (excluding diaryl/α,β-unsaturated/α-hetero) is 1. The number of ketones is 1. The van der Waals surface area contributed by atoms with Crippen LogP contribution in [0.3, 0.4) is 0 Å². The smallest absolute Gasteiger partial charge is 0.162 e. The third kappa shape index (κ3) is 4.92. The summed E-state index contributed by atoms with van der Waals surface area (Å²) in [7, 11) is 0. The molecule has 22 heavy (non-hydrogen) atoms. The summed E-state index contributed by atoms with van der Waals surface area (Å²) in [6, 6.07) is 8.05. The van der Waals surface area contributed by atoms with Crippen LogP contribution in [0.25, 0.3) is 0 Å². The first-order valence-electron chi connectivity index (χ1n) is 8.40. The van der Waals surface area contributed by atoms with E-state index in [1.807, 2.05) is 12.1 Å². The molecule has 3 nitrogen and oxygen atoms in total. The second kappa shape index (κ2) is 7.38. The van der Waals surface area contributed by atoms with Crippen molar-refractivity contribution in [2.24, 2.45) is 0 Å². The summed E-state index contributed by atoms with van der Waals surface area (Å²) in [4.78, 5) is 14.6. The number of hydrogen-bond donors (Lipinski definition) is 1. The van der Waals surface area contributed by atoms with Crippen molar-refractivity contribution in [3.63, 3.8) is 0 Å². The fraction of sp³-hybridized carbons (Fsp3) is 0.632. The van der Waals surface area contributed by atoms with Crippen LogP contribution in [0.1, 0.15) is 62.4 Å². The number of carbonyl (C=O) groups is 1. The van der Waals surface area contributed by atoms with Crippen molar-refractivity contribution in [2.75, 3.05) is 19.6 Å². The zero-order valence-electron chi connectivity index (χ0n) is 14.1. The van der Waals surface area contributed by atoms with Crippen LogP contribution in [0.5, 0.6) is 0 Å². The Kier molecular flexibility index (Phi) is 5.76. The molecule has 0 amide bonds. The Morgan fingerprint density at radius 3 is 2.32 bits per heavy atom. The second-order valence-corrected chi connectivity index (χ2v) is 7.43. The molecule has 1 heterocycles. The topological polar surface area (TPSA) is 40.5 Å². The summed E-state index contributed by atoms with van der Waals surface area (Å²) >= 11 is 0. The van der Waals surface area contributed by atoms with E-state index < -0.39 is 0 Å². The monoisotopic (exact) mass is 303 g/mol. The van der Waals surface area contributed by atoms with E-state index in [4.69, 9.17) is 0 Å². The Bertz CT molecular complexity index is 479. The molecule has 0 atom stereocenters. The van der Waals surface area contributed by atoms with Crippen molar-refractivity contribution in [1.29, 1.82) is 0 Å². The van der Waals surface area contributed by atoms with Crippen LogP contribution >= 0.6 is 0 Å². The van der Waals surface area contributed by atoms with Gasteiger partial charge in [0, 0.05) is 25.1 Å². The molecule has 1 aliphatic rings. The van der Waals surface area contributed by atoms with Crippen LogP contribution in [0.4, 0.5) is 0 Å². The highest BCUT2D eigenvalue weighted by atomic mass is 16.3. The highest BCUT2D eigenvalue weighted by Gasteiger charge is 2.17. The molecule has 0 unspecified atom stereocenters. The Morgan fingerprint density at radius 1 is 1.18 bits per heavy atom. The average Bonchev–Trinajstić information content (AvgIpc) is 2.48. The molecule has 0 aromatic heterocycles. The van der Waals surface area contributed by atoms with Crippen molar-refractivity contribution in [1.82, 2.24) is 4.90 Å². The first kappa shape index (κ1) is 17.2. The Hall–Kier alpha value is -1.19. The normalized spacial score (nSPS) is 17.6. The molecule has 122 valence electrons. The largest absolute Gasteiger partial charge is 0.393 e. The maximum atomic E-state index is 12.2. The number of nitrogens with zero attached hydrogens (tertiary/aromatic N) is 1. The molecular weight excluding hydrogens is 274 g/mol. The molecule has 0 bridgehead atoms. The van der Waals surface area contributed by atoms with Crippen LogP contribution in [0, 0.1) is 0 Å². The van der Waals surface area contributed by atoms with Crippen LogP contribution < -0.4 is 0 Å². The van der Waals surface area contributed by atoms with Crippen molar-refractivity contribution in [3.05, 3.63) is 35.4 Å². The number of aliphatic hydroxyl groups excluding tert-OH is 1. The SMILES string of the molecule is CC(C)(C)c1ccc(C(=O)CCCN2CCC(O)CC2)cc1. The molecule has 1 aliphatic heterocycles. The summed E-state index contributed by atoms with van der Waals surface area (Å²) in [5.41, 5.74) is 2.21. The number of hydrogen-bond acceptors (Lipinski definition) is 3. The minimum Gasteiger partial charge on any atom is -0.393 e. The van der Waals surface area contributed by atoms with Gasteiger partial charge in [-0.3, -0.25) is 4.79 Å². The fourth-order valence-electron chi connectivity index (χ4n) is 2.91. The lowest BCUT2D eigenvalue weighted by Gasteiger charge is -2.29. The lowest BCUT2D eigenvalue weighted by molar-refractivity contribution is 0.0800. The molecule has 1 aromatic rings. The molecule has 3 heteroatoms. The number of piperidine rings is 1. The summed E-state index contributed by atoms with van der Waals surface area (Å²) in [5, 5.41) is 9.49. The van der Waals surface area contributed by atoms with Gasteiger partial charge in [0.2, 0.25) is 0 Å². The quantitative estimate of drug-likeness (QED) is 0.848. The van der Waals surface area contributed by atoms with Gasteiger partial charge in [0.1, 0.15) is 0 Å². The lowest BCUT2D eigenvalue weighted by Crippen LogP contribution is -2.36. The molecule has 1 aromatic carbocycles. The van der Waals surface area contributed by atoms with Crippen LogP contribution in [0.2, 0.25) is 0 Å². The van der Waals surface area contributed by atoms with Crippen LogP contribution in [0.15, 0.2) is 24.3 Å². The minimum atomic E-state index is -0.126. The van der Waals surface area contributed by atoms with E-state index in [1.54, 1.807) is 0 Å². The predicted molar refractivity (Wildman–Crippen MR) is 90.4 cm³/mol. The van der Waals surface area contributed by atoms with E-state index in [1.165, 1.54) is 5.56 Å². The van der Waals surface area contributed by atoms with Gasteiger partial charge in [0.25, 0.3) is 0 Å². The first-order valence-corrected chi connectivity index (χ1v) is 8.40. The molecule has 1 saturated heterocycles. The molecular formula is C19H29NO2. The third-order valence-electron chi connectivity index (χ3n) is 4.51. The van der Waals surface area contributed by atoms with E-state index >= 15 is 0 Å². The van der Waals surface area contributed by atoms with Crippen molar-refractivity contribution < 1.29 is 9.90 Å². The van der Waals surface area contributed by atoms with E-state index in [0.29, 0.717) is 6.42 Å². The maximum Gasteiger partial charge on any atom is 0.162 e. The Balaban J connectivity index is 1.77. The van der Waals surface area contributed by atoms with Crippen LogP contribution in [-0.2, 0) is 5.41 Å². The summed E-state index contributed by atoms with van der Waals surface area (Å²) in [5.74, 6) is 0.234. The standard InChI is InChI=1S/C19H29NO2/c1-19(2,3)16-8-6-15(7-9-16)18(22)5-4-12-20-13-10-17(21)11-14-20/h6-9,17,21H,4-5,10-14H2,1-3H3. The molecule has 0 saturated carbocycles. The molecule has 2 rings (SSSR count). The van der Waals surface area contributed by atoms with Crippen molar-refractivity contribution in [3.8, 4) is 0 Å². The van der Waals surface area contributed by atoms with Gasteiger partial charge in [0.15, 0.2) is 5.78 Å². The fourth-order valence-corrected chi connectivity index (χ4v) is 2.91. The van der Waals surface area contributed by atoms with Gasteiger partial charge in [-0.15, -0.1) is 0 Å². The van der Waals surface area contributed by atoms with Gasteiger partial charge < -0.3 is 10.0 Å². The molecule has 1 N–H and O–H groups in total. The van der Waals surface area contributed by atoms with E-state index in [9.17, 15) is 9.90 Å². The van der Waals surface area contributed by atoms with Gasteiger partial charge in [-0.2, -0.15) is 0 Å². The predicted octanol–water partition coefficient (Wildman–Crippen LogP) is 3.40. The zero-order valence-corrected chi connectivity index (χ0v) is 14.1. The maximum absolute atomic E-state index is 12.2. The molecule has 0 spiro atoms. The molecule has 0 radical (unpaired) electrons. The van der Waals surface area contributed by atoms with Gasteiger partial charge in [0.05, 0.1) is 6.10 Å². The van der Waals surface area contributed by atoms with Crippen LogP contribution in [-0.4, -0.2) is 41.5 Å². The Labute approximate surface area is 134 Å². The van der Waals surface area contributed by atoms with Gasteiger partial charge in [-0.05, 0) is 36.8 Å². The summed E-state index contributed by atoms with van der Waals surface area (Å²) in [6.45, 7) is 9.40. The number of rotatable bonds is 5. The second-order valence-electron chi connectivity index (χ2n) is 7.43. The van der Waals surface area contributed by atoms with E-state index in [2.05, 4.69) is 37.8 Å². The van der Waals surface area contributed by atoms with Crippen molar-refractivity contribution >= 4 is 5.78 Å².